The molecule has 0 unspecified atom stereocenters. The number of esters is 1. The number of hydrogen-bond acceptors (Lipinski definition) is 9. The van der Waals surface area contributed by atoms with Crippen LogP contribution in [0.1, 0.15) is 77.6 Å². The number of nitrogens with one attached hydrogen (secondary N) is 2. The number of aromatic nitrogens is 2. The number of ether oxygens (including phenoxy) is 2. The highest BCUT2D eigenvalue weighted by atomic mass is 16.6. The number of amides is 2. The third-order valence-electron chi connectivity index (χ3n) is 5.38. The molecule has 2 atom stereocenters. The first-order chi connectivity index (χ1) is 18.6. The van der Waals surface area contributed by atoms with Crippen molar-refractivity contribution in [2.24, 2.45) is 11.8 Å². The van der Waals surface area contributed by atoms with Gasteiger partial charge in [-0.05, 0) is 51.0 Å². The average molecular weight is 561 g/mol. The maximum Gasteiger partial charge on any atom is 0.438 e. The van der Waals surface area contributed by atoms with Crippen molar-refractivity contribution < 1.29 is 33.1 Å². The highest BCUT2D eigenvalue weighted by Gasteiger charge is 2.32. The quantitative estimate of drug-likeness (QED) is 0.277. The molecule has 2 amide bonds. The zero-order valence-corrected chi connectivity index (χ0v) is 24.2. The van der Waals surface area contributed by atoms with Gasteiger partial charge in [-0.25, -0.2) is 9.59 Å². The number of carbonyl (C=O) groups excluding carboxylic acids is 4. The fourth-order valence-electron chi connectivity index (χ4n) is 3.74. The summed E-state index contributed by atoms with van der Waals surface area (Å²) in [5, 5.41) is 9.11. The molecule has 1 aromatic heterocycles. The van der Waals surface area contributed by atoms with Gasteiger partial charge in [-0.2, -0.15) is 4.68 Å². The smallest absolute Gasteiger partial charge is 0.438 e. The normalized spacial score (nSPS) is 13.0. The lowest BCUT2D eigenvalue weighted by atomic mass is 9.98. The minimum absolute atomic E-state index is 0.0299. The predicted molar refractivity (Wildman–Crippen MR) is 145 cm³/mol. The molecule has 2 N–H and O–H groups in total. The molecule has 40 heavy (non-hydrogen) atoms. The second kappa shape index (κ2) is 14.4. The zero-order valence-electron chi connectivity index (χ0n) is 24.2. The van der Waals surface area contributed by atoms with Crippen LogP contribution in [0.5, 0.6) is 0 Å². The van der Waals surface area contributed by atoms with Crippen molar-refractivity contribution in [1.82, 2.24) is 20.4 Å². The van der Waals surface area contributed by atoms with E-state index in [1.807, 2.05) is 45.9 Å². The molecule has 220 valence electrons. The molecule has 0 aliphatic rings. The fourth-order valence-corrected chi connectivity index (χ4v) is 3.74. The summed E-state index contributed by atoms with van der Waals surface area (Å²) in [5.41, 5.74) is 0.0160. The minimum Gasteiger partial charge on any atom is -0.459 e. The Kier molecular flexibility index (Phi) is 11.6. The lowest BCUT2D eigenvalue weighted by Crippen LogP contribution is -2.52. The molecule has 0 spiro atoms. The van der Waals surface area contributed by atoms with Crippen LogP contribution >= 0.6 is 0 Å². The highest BCUT2D eigenvalue weighted by molar-refractivity contribution is 5.99. The van der Waals surface area contributed by atoms with E-state index in [0.29, 0.717) is 4.68 Å². The summed E-state index contributed by atoms with van der Waals surface area (Å²) < 4.78 is 16.2. The Morgan fingerprint density at radius 2 is 1.55 bits per heavy atom. The van der Waals surface area contributed by atoms with Crippen molar-refractivity contribution in [2.45, 2.75) is 92.1 Å². The van der Waals surface area contributed by atoms with Crippen LogP contribution in [0.25, 0.3) is 0 Å². The lowest BCUT2D eigenvalue weighted by Gasteiger charge is -2.24. The van der Waals surface area contributed by atoms with E-state index in [4.69, 9.17) is 13.9 Å². The van der Waals surface area contributed by atoms with E-state index < -0.39 is 59.6 Å². The van der Waals surface area contributed by atoms with Crippen LogP contribution < -0.4 is 16.4 Å². The summed E-state index contributed by atoms with van der Waals surface area (Å²) in [4.78, 5) is 63.4. The molecule has 0 saturated heterocycles. The molecule has 0 aliphatic heterocycles. The van der Waals surface area contributed by atoms with Gasteiger partial charge in [0.25, 0.3) is 5.89 Å². The molecular weight excluding hydrogens is 520 g/mol. The van der Waals surface area contributed by atoms with Crippen molar-refractivity contribution in [3.05, 3.63) is 52.3 Å². The first-order valence-corrected chi connectivity index (χ1v) is 13.3. The van der Waals surface area contributed by atoms with E-state index >= 15 is 0 Å². The predicted octanol–water partition coefficient (Wildman–Crippen LogP) is 3.23. The number of alkyl carbamates (subject to hydrolysis) is 1. The molecule has 1 heterocycles. The minimum atomic E-state index is -1.10. The van der Waals surface area contributed by atoms with Crippen molar-refractivity contribution in [3.63, 3.8) is 0 Å². The second-order valence-corrected chi connectivity index (χ2v) is 11.4. The van der Waals surface area contributed by atoms with Crippen LogP contribution in [0, 0.1) is 11.8 Å². The summed E-state index contributed by atoms with van der Waals surface area (Å²) in [5.74, 6) is -3.62. The second-order valence-electron chi connectivity index (χ2n) is 11.4. The molecule has 12 heteroatoms. The molecule has 0 aliphatic carbocycles. The highest BCUT2D eigenvalue weighted by Crippen LogP contribution is 2.13. The molecule has 0 fully saturated rings. The number of ketones is 1. The van der Waals surface area contributed by atoms with Gasteiger partial charge in [-0.15, -0.1) is 5.10 Å². The van der Waals surface area contributed by atoms with Gasteiger partial charge in [0.15, 0.2) is 0 Å². The first-order valence-electron chi connectivity index (χ1n) is 13.3. The largest absolute Gasteiger partial charge is 0.459 e. The maximum absolute atomic E-state index is 13.3. The molecule has 0 saturated carbocycles. The molecule has 0 bridgehead atoms. The molecule has 0 radical (unpaired) electrons. The third kappa shape index (κ3) is 11.0. The van der Waals surface area contributed by atoms with E-state index in [0.717, 1.165) is 5.56 Å². The van der Waals surface area contributed by atoms with Gasteiger partial charge in [-0.1, -0.05) is 58.0 Å². The third-order valence-corrected chi connectivity index (χ3v) is 5.38. The maximum atomic E-state index is 13.3. The standard InChI is InChI=1S/C28H40N4O8/c1-17(2)13-20(23(34)25-31-32(27(37)39-25)15-22(33)40-28(5,6)7)29-24(35)21(14-18(3)4)30-26(36)38-16-19-11-9-8-10-12-19/h8-12,17-18,20-21H,13-16H2,1-7H3,(H,29,35)(H,30,36)/t20-,21-/m0/s1. The van der Waals surface area contributed by atoms with Gasteiger partial charge >= 0.3 is 17.8 Å². The molecule has 12 nitrogen and oxygen atoms in total. The van der Waals surface area contributed by atoms with E-state index in [1.165, 1.54) is 0 Å². The number of Topliss-reactive ketones (excluding diaryl/α,β-unsaturated/α-hetero) is 1. The van der Waals surface area contributed by atoms with Crippen molar-refractivity contribution in [2.75, 3.05) is 0 Å². The monoisotopic (exact) mass is 560 g/mol. The molecule has 1 aromatic carbocycles. The Morgan fingerprint density at radius 3 is 2.12 bits per heavy atom. The SMILES string of the molecule is CC(C)C[C@H](NC(=O)OCc1ccccc1)C(=O)N[C@@H](CC(C)C)C(=O)c1nn(CC(=O)OC(C)(C)C)c(=O)o1. The van der Waals surface area contributed by atoms with Gasteiger partial charge in [0.05, 0.1) is 6.04 Å². The van der Waals surface area contributed by atoms with Gasteiger partial charge < -0.3 is 24.5 Å². The summed E-state index contributed by atoms with van der Waals surface area (Å²) in [7, 11) is 0. The van der Waals surface area contributed by atoms with Crippen LogP contribution in [0.3, 0.4) is 0 Å². The molecular formula is C28H40N4O8. The van der Waals surface area contributed by atoms with Crippen LogP contribution in [-0.4, -0.2) is 51.2 Å². The molecule has 2 aromatic rings. The van der Waals surface area contributed by atoms with Crippen molar-refractivity contribution in [3.8, 4) is 0 Å². The Morgan fingerprint density at radius 1 is 0.950 bits per heavy atom. The summed E-state index contributed by atoms with van der Waals surface area (Å²) >= 11 is 0. The fraction of sp³-hybridized carbons (Fsp3) is 0.571. The Hall–Kier alpha value is -3.96. The van der Waals surface area contributed by atoms with Crippen LogP contribution in [0.15, 0.2) is 39.5 Å². The molecule has 2 rings (SSSR count). The summed E-state index contributed by atoms with van der Waals surface area (Å²) in [6.07, 6.45) is -0.280. The number of benzene rings is 1. The first kappa shape index (κ1) is 32.3. The van der Waals surface area contributed by atoms with E-state index in [1.54, 1.807) is 32.9 Å². The Labute approximate surface area is 233 Å². The summed E-state index contributed by atoms with van der Waals surface area (Å²) in [6.45, 7) is 12.0. The van der Waals surface area contributed by atoms with Gasteiger partial charge in [0.2, 0.25) is 11.7 Å². The van der Waals surface area contributed by atoms with Crippen molar-refractivity contribution >= 4 is 23.8 Å². The van der Waals surface area contributed by atoms with Gasteiger partial charge in [-0.3, -0.25) is 14.4 Å². The van der Waals surface area contributed by atoms with Crippen LogP contribution in [-0.2, 0) is 32.2 Å². The number of nitrogens with zero attached hydrogens (tertiary/aromatic N) is 2. The van der Waals surface area contributed by atoms with Crippen molar-refractivity contribution in [1.29, 1.82) is 0 Å². The zero-order chi connectivity index (χ0) is 30.0. The van der Waals surface area contributed by atoms with E-state index in [-0.39, 0.29) is 31.3 Å². The number of carbonyl (C=O) groups is 4. The number of hydrogen-bond donors (Lipinski definition) is 2. The van der Waals surface area contributed by atoms with E-state index in [9.17, 15) is 24.0 Å². The number of rotatable bonds is 13. The van der Waals surface area contributed by atoms with Gasteiger partial charge in [0, 0.05) is 0 Å². The van der Waals surface area contributed by atoms with Crippen LogP contribution in [0.2, 0.25) is 0 Å². The topological polar surface area (TPSA) is 159 Å². The average Bonchev–Trinajstić information content (AvgIpc) is 3.20. The summed E-state index contributed by atoms with van der Waals surface area (Å²) in [6, 6.07) is 7.01. The Balaban J connectivity index is 2.14. The van der Waals surface area contributed by atoms with Gasteiger partial charge in [0.1, 0.15) is 24.8 Å². The Bertz CT molecular complexity index is 1210. The van der Waals surface area contributed by atoms with E-state index in [2.05, 4.69) is 15.7 Å². The lowest BCUT2D eigenvalue weighted by molar-refractivity contribution is -0.155. The van der Waals surface area contributed by atoms with Crippen LogP contribution in [0.4, 0.5) is 4.79 Å².